The maximum absolute atomic E-state index is 5.20. The topological polar surface area (TPSA) is 54.2 Å². The van der Waals surface area contributed by atoms with Crippen LogP contribution in [-0.4, -0.2) is 29.8 Å². The Morgan fingerprint density at radius 2 is 2.00 bits per heavy atom. The van der Waals surface area contributed by atoms with Gasteiger partial charge in [-0.3, -0.25) is 0 Å². The fourth-order valence-corrected chi connectivity index (χ4v) is 1.43. The summed E-state index contributed by atoms with van der Waals surface area (Å²) in [5.74, 6) is 1.33. The Morgan fingerprint density at radius 1 is 1.33 bits per heavy atom. The first-order valence-corrected chi connectivity index (χ1v) is 5.54. The van der Waals surface area contributed by atoms with Crippen molar-refractivity contribution in [2.45, 2.75) is 33.7 Å². The summed E-state index contributed by atoms with van der Waals surface area (Å²) in [6.07, 6.45) is 0. The summed E-state index contributed by atoms with van der Waals surface area (Å²) >= 11 is 0. The number of hydrogen-bond acceptors (Lipinski definition) is 5. The van der Waals surface area contributed by atoms with Crippen molar-refractivity contribution in [1.82, 2.24) is 15.5 Å². The summed E-state index contributed by atoms with van der Waals surface area (Å²) in [5, 5.41) is 7.20. The van der Waals surface area contributed by atoms with Crippen LogP contribution in [0.3, 0.4) is 0 Å². The van der Waals surface area contributed by atoms with E-state index in [4.69, 9.17) is 4.52 Å². The molecule has 0 aliphatic rings. The minimum absolute atomic E-state index is 0.117. The lowest BCUT2D eigenvalue weighted by Crippen LogP contribution is -2.23. The molecule has 0 aliphatic heterocycles. The van der Waals surface area contributed by atoms with Gasteiger partial charge in [0.05, 0.1) is 6.04 Å². The molecule has 5 nitrogen and oxygen atoms in total. The third kappa shape index (κ3) is 2.92. The smallest absolute Gasteiger partial charge is 0.266 e. The molecule has 0 amide bonds. The highest BCUT2D eigenvalue weighted by atomic mass is 16.5. The number of hydrogen-bond donors (Lipinski definition) is 1. The van der Waals surface area contributed by atoms with Crippen LogP contribution in [0.1, 0.15) is 39.6 Å². The predicted molar refractivity (Wildman–Crippen MR) is 60.0 cm³/mol. The normalized spacial score (nSPS) is 12.8. The molecule has 0 aliphatic carbocycles. The van der Waals surface area contributed by atoms with Gasteiger partial charge in [-0.1, -0.05) is 6.92 Å². The van der Waals surface area contributed by atoms with Gasteiger partial charge < -0.3 is 14.7 Å². The van der Waals surface area contributed by atoms with Crippen molar-refractivity contribution in [3.05, 3.63) is 5.89 Å². The van der Waals surface area contributed by atoms with E-state index in [0.717, 1.165) is 19.6 Å². The summed E-state index contributed by atoms with van der Waals surface area (Å²) in [7, 11) is 0. The molecule has 1 rings (SSSR count). The van der Waals surface area contributed by atoms with Crippen LogP contribution in [0.25, 0.3) is 0 Å². The molecular formula is C10H20N4O. The quantitative estimate of drug-likeness (QED) is 0.776. The number of anilines is 1. The molecule has 1 atom stereocenters. The van der Waals surface area contributed by atoms with Crippen molar-refractivity contribution in [2.75, 3.05) is 24.5 Å². The van der Waals surface area contributed by atoms with Gasteiger partial charge in [0.15, 0.2) is 0 Å². The summed E-state index contributed by atoms with van der Waals surface area (Å²) in [6, 6.07) is 0.117. The molecule has 0 aromatic carbocycles. The first kappa shape index (κ1) is 12.0. The van der Waals surface area contributed by atoms with Crippen molar-refractivity contribution >= 4 is 5.95 Å². The lowest BCUT2D eigenvalue weighted by molar-refractivity contribution is 0.341. The number of nitrogens with one attached hydrogen (secondary N) is 1. The van der Waals surface area contributed by atoms with Crippen LogP contribution in [-0.2, 0) is 0 Å². The largest absolute Gasteiger partial charge is 0.339 e. The maximum Gasteiger partial charge on any atom is 0.266 e. The third-order valence-corrected chi connectivity index (χ3v) is 2.36. The highest BCUT2D eigenvalue weighted by molar-refractivity contribution is 5.26. The fraction of sp³-hybridized carbons (Fsp3) is 0.800. The second kappa shape index (κ2) is 5.70. The summed E-state index contributed by atoms with van der Waals surface area (Å²) in [4.78, 5) is 6.42. The van der Waals surface area contributed by atoms with Gasteiger partial charge in [0.1, 0.15) is 0 Å². The average molecular weight is 212 g/mol. The van der Waals surface area contributed by atoms with Crippen molar-refractivity contribution in [3.63, 3.8) is 0 Å². The van der Waals surface area contributed by atoms with E-state index in [1.54, 1.807) is 0 Å². The second-order valence-corrected chi connectivity index (χ2v) is 3.38. The van der Waals surface area contributed by atoms with Gasteiger partial charge in [0.2, 0.25) is 5.89 Å². The van der Waals surface area contributed by atoms with E-state index < -0.39 is 0 Å². The minimum Gasteiger partial charge on any atom is -0.339 e. The van der Waals surface area contributed by atoms with Crippen molar-refractivity contribution in [1.29, 1.82) is 0 Å². The molecule has 0 fully saturated rings. The van der Waals surface area contributed by atoms with Crippen LogP contribution in [0.2, 0.25) is 0 Å². The molecular weight excluding hydrogens is 192 g/mol. The summed E-state index contributed by atoms with van der Waals surface area (Å²) in [5.41, 5.74) is 0. The van der Waals surface area contributed by atoms with Crippen LogP contribution in [0.4, 0.5) is 5.95 Å². The van der Waals surface area contributed by atoms with Gasteiger partial charge in [0.25, 0.3) is 5.95 Å². The van der Waals surface area contributed by atoms with Crippen LogP contribution >= 0.6 is 0 Å². The first-order chi connectivity index (χ1) is 7.22. The molecule has 1 aromatic rings. The predicted octanol–water partition coefficient (Wildman–Crippen LogP) is 1.59. The zero-order valence-electron chi connectivity index (χ0n) is 9.95. The molecule has 1 unspecified atom stereocenters. The van der Waals surface area contributed by atoms with Crippen LogP contribution in [0.5, 0.6) is 0 Å². The van der Waals surface area contributed by atoms with Crippen molar-refractivity contribution in [2.24, 2.45) is 0 Å². The van der Waals surface area contributed by atoms with Crippen molar-refractivity contribution < 1.29 is 4.52 Å². The molecule has 15 heavy (non-hydrogen) atoms. The van der Waals surface area contributed by atoms with Gasteiger partial charge in [-0.05, 0) is 32.5 Å². The Hall–Kier alpha value is -1.10. The molecule has 0 saturated heterocycles. The van der Waals surface area contributed by atoms with E-state index in [-0.39, 0.29) is 6.04 Å². The Balaban J connectivity index is 2.70. The highest BCUT2D eigenvalue weighted by Crippen LogP contribution is 2.14. The monoisotopic (exact) mass is 212 g/mol. The Kier molecular flexibility index (Phi) is 4.55. The summed E-state index contributed by atoms with van der Waals surface area (Å²) < 4.78 is 5.20. The molecule has 1 N–H and O–H groups in total. The van der Waals surface area contributed by atoms with Gasteiger partial charge in [-0.25, -0.2) is 0 Å². The molecule has 0 bridgehead atoms. The lowest BCUT2D eigenvalue weighted by Gasteiger charge is -2.14. The first-order valence-electron chi connectivity index (χ1n) is 5.54. The highest BCUT2D eigenvalue weighted by Gasteiger charge is 2.15. The number of nitrogens with zero attached hydrogens (tertiary/aromatic N) is 3. The Morgan fingerprint density at radius 3 is 2.53 bits per heavy atom. The maximum atomic E-state index is 5.20. The fourth-order valence-electron chi connectivity index (χ4n) is 1.43. The SMILES string of the molecule is CCNC(C)c1nc(N(CC)CC)no1. The zero-order chi connectivity index (χ0) is 11.3. The van der Waals surface area contributed by atoms with Gasteiger partial charge in [0, 0.05) is 13.1 Å². The lowest BCUT2D eigenvalue weighted by atomic mass is 10.3. The third-order valence-electron chi connectivity index (χ3n) is 2.36. The zero-order valence-corrected chi connectivity index (χ0v) is 9.95. The van der Waals surface area contributed by atoms with Gasteiger partial charge >= 0.3 is 0 Å². The van der Waals surface area contributed by atoms with Crippen LogP contribution in [0, 0.1) is 0 Å². The van der Waals surface area contributed by atoms with Crippen LogP contribution < -0.4 is 10.2 Å². The molecule has 0 saturated carbocycles. The standard InChI is InChI=1S/C10H20N4O/c1-5-11-8(4)9-12-10(13-15-9)14(6-2)7-3/h8,11H,5-7H2,1-4H3. The number of aromatic nitrogens is 2. The van der Waals surface area contributed by atoms with E-state index in [0.29, 0.717) is 11.8 Å². The number of rotatable bonds is 6. The molecule has 5 heteroatoms. The Labute approximate surface area is 90.8 Å². The summed E-state index contributed by atoms with van der Waals surface area (Å²) in [6.45, 7) is 10.9. The average Bonchev–Trinajstić information content (AvgIpc) is 2.69. The molecule has 0 spiro atoms. The van der Waals surface area contributed by atoms with Gasteiger partial charge in [-0.2, -0.15) is 4.98 Å². The molecule has 1 heterocycles. The molecule has 86 valence electrons. The van der Waals surface area contributed by atoms with E-state index in [2.05, 4.69) is 41.1 Å². The van der Waals surface area contributed by atoms with E-state index >= 15 is 0 Å². The molecule has 0 radical (unpaired) electrons. The van der Waals surface area contributed by atoms with E-state index in [9.17, 15) is 0 Å². The van der Waals surface area contributed by atoms with Crippen LogP contribution in [0.15, 0.2) is 4.52 Å². The van der Waals surface area contributed by atoms with E-state index in [1.165, 1.54) is 0 Å². The van der Waals surface area contributed by atoms with Gasteiger partial charge in [-0.15, -0.1) is 0 Å². The minimum atomic E-state index is 0.117. The van der Waals surface area contributed by atoms with E-state index in [1.807, 2.05) is 6.92 Å². The second-order valence-electron chi connectivity index (χ2n) is 3.38. The Bertz CT molecular complexity index is 283. The molecule has 1 aromatic heterocycles. The van der Waals surface area contributed by atoms with Crippen molar-refractivity contribution in [3.8, 4) is 0 Å².